The maximum absolute atomic E-state index is 12.1. The average molecular weight is 326 g/mol. The van der Waals surface area contributed by atoms with Gasteiger partial charge in [0.05, 0.1) is 17.9 Å². The van der Waals surface area contributed by atoms with E-state index in [0.29, 0.717) is 6.54 Å². The molecule has 0 fully saturated rings. The molecule has 19 heavy (non-hydrogen) atoms. The number of benzene rings is 1. The third kappa shape index (κ3) is 2.92. The Morgan fingerprint density at radius 3 is 2.68 bits per heavy atom. The summed E-state index contributed by atoms with van der Waals surface area (Å²) in [5.74, 6) is 0.123. The Bertz CT molecular complexity index is 501. The SMILES string of the molecule is CNC(C)(C)CN1CC(=O)N(C)c2cc(Br)ccc21. The highest BCUT2D eigenvalue weighted by atomic mass is 79.9. The Hall–Kier alpha value is -1.07. The van der Waals surface area contributed by atoms with Gasteiger partial charge in [0.2, 0.25) is 5.91 Å². The zero-order valence-electron chi connectivity index (χ0n) is 11.8. The molecule has 0 unspecified atom stereocenters. The van der Waals surface area contributed by atoms with Gasteiger partial charge in [-0.15, -0.1) is 0 Å². The van der Waals surface area contributed by atoms with E-state index in [1.807, 2.05) is 26.2 Å². The Balaban J connectivity index is 2.38. The number of likely N-dealkylation sites (N-methyl/N-ethyl adjacent to an activating group) is 2. The summed E-state index contributed by atoms with van der Waals surface area (Å²) in [5.41, 5.74) is 2.02. The number of hydrogen-bond acceptors (Lipinski definition) is 3. The van der Waals surface area contributed by atoms with Crippen LogP contribution in [-0.4, -0.2) is 38.6 Å². The van der Waals surface area contributed by atoms with Gasteiger partial charge in [0.25, 0.3) is 0 Å². The molecule has 0 spiro atoms. The third-order valence-corrected chi connectivity index (χ3v) is 4.10. The van der Waals surface area contributed by atoms with Crippen molar-refractivity contribution in [2.45, 2.75) is 19.4 Å². The molecule has 1 aromatic rings. The number of nitrogens with zero attached hydrogens (tertiary/aromatic N) is 2. The number of fused-ring (bicyclic) bond motifs is 1. The molecule has 0 aromatic heterocycles. The highest BCUT2D eigenvalue weighted by molar-refractivity contribution is 9.10. The van der Waals surface area contributed by atoms with Gasteiger partial charge in [-0.1, -0.05) is 15.9 Å². The monoisotopic (exact) mass is 325 g/mol. The van der Waals surface area contributed by atoms with Gasteiger partial charge in [-0.3, -0.25) is 4.79 Å². The molecule has 4 nitrogen and oxygen atoms in total. The largest absolute Gasteiger partial charge is 0.359 e. The van der Waals surface area contributed by atoms with Crippen LogP contribution in [0, 0.1) is 0 Å². The standard InChI is InChI=1S/C14H20BrN3O/c1-14(2,16-3)9-18-8-13(19)17(4)12-7-10(15)5-6-11(12)18/h5-7,16H,8-9H2,1-4H3. The predicted octanol–water partition coefficient (Wildman–Crippen LogP) is 2.23. The van der Waals surface area contributed by atoms with Gasteiger partial charge in [0.1, 0.15) is 0 Å². The fraction of sp³-hybridized carbons (Fsp3) is 0.500. The smallest absolute Gasteiger partial charge is 0.246 e. The summed E-state index contributed by atoms with van der Waals surface area (Å²) in [4.78, 5) is 16.0. The fourth-order valence-corrected chi connectivity index (χ4v) is 2.57. The average Bonchev–Trinajstić information content (AvgIpc) is 2.35. The second-order valence-electron chi connectivity index (χ2n) is 5.58. The molecule has 1 aliphatic rings. The quantitative estimate of drug-likeness (QED) is 0.925. The van der Waals surface area contributed by atoms with Gasteiger partial charge in [-0.25, -0.2) is 0 Å². The Labute approximate surface area is 122 Å². The van der Waals surface area contributed by atoms with Crippen LogP contribution in [-0.2, 0) is 4.79 Å². The second kappa shape index (κ2) is 5.13. The summed E-state index contributed by atoms with van der Waals surface area (Å²) >= 11 is 3.46. The molecular weight excluding hydrogens is 306 g/mol. The molecule has 1 aliphatic heterocycles. The summed E-state index contributed by atoms with van der Waals surface area (Å²) < 4.78 is 0.987. The minimum absolute atomic E-state index is 0.0411. The third-order valence-electron chi connectivity index (χ3n) is 3.60. The molecule has 0 saturated carbocycles. The van der Waals surface area contributed by atoms with Crippen molar-refractivity contribution >= 4 is 33.2 Å². The maximum Gasteiger partial charge on any atom is 0.246 e. The lowest BCUT2D eigenvalue weighted by Gasteiger charge is -2.39. The van der Waals surface area contributed by atoms with Crippen LogP contribution in [0.25, 0.3) is 0 Å². The van der Waals surface area contributed by atoms with Gasteiger partial charge >= 0.3 is 0 Å². The molecule has 5 heteroatoms. The fourth-order valence-electron chi connectivity index (χ4n) is 2.22. The van der Waals surface area contributed by atoms with E-state index in [0.717, 1.165) is 22.4 Å². The van der Waals surface area contributed by atoms with Crippen molar-refractivity contribution in [1.82, 2.24) is 5.32 Å². The van der Waals surface area contributed by atoms with Crippen LogP contribution in [0.5, 0.6) is 0 Å². The predicted molar refractivity (Wildman–Crippen MR) is 82.9 cm³/mol. The van der Waals surface area contributed by atoms with Crippen LogP contribution in [0.3, 0.4) is 0 Å². The first-order valence-corrected chi connectivity index (χ1v) is 7.13. The van der Waals surface area contributed by atoms with Gasteiger partial charge < -0.3 is 15.1 Å². The summed E-state index contributed by atoms with van der Waals surface area (Å²) in [6, 6.07) is 6.07. The number of anilines is 2. The second-order valence-corrected chi connectivity index (χ2v) is 6.49. The molecule has 0 saturated heterocycles. The van der Waals surface area contributed by atoms with Crippen molar-refractivity contribution in [2.75, 3.05) is 37.0 Å². The van der Waals surface area contributed by atoms with E-state index < -0.39 is 0 Å². The van der Waals surface area contributed by atoms with Gasteiger partial charge in [-0.2, -0.15) is 0 Å². The molecule has 104 valence electrons. The first kappa shape index (κ1) is 14.3. The van der Waals surface area contributed by atoms with Crippen LogP contribution in [0.2, 0.25) is 0 Å². The first-order chi connectivity index (χ1) is 8.84. The van der Waals surface area contributed by atoms with Crippen molar-refractivity contribution < 1.29 is 4.79 Å². The zero-order valence-corrected chi connectivity index (χ0v) is 13.4. The molecule has 1 heterocycles. The summed E-state index contributed by atoms with van der Waals surface area (Å²) in [7, 11) is 3.77. The van der Waals surface area contributed by atoms with Crippen molar-refractivity contribution in [3.05, 3.63) is 22.7 Å². The van der Waals surface area contributed by atoms with Crippen molar-refractivity contribution in [3.8, 4) is 0 Å². The normalized spacial score (nSPS) is 15.7. The lowest BCUT2D eigenvalue weighted by molar-refractivity contribution is -0.117. The Kier molecular flexibility index (Phi) is 3.87. The van der Waals surface area contributed by atoms with E-state index in [1.165, 1.54) is 0 Å². The van der Waals surface area contributed by atoms with E-state index >= 15 is 0 Å². The number of carbonyl (C=O) groups is 1. The van der Waals surface area contributed by atoms with Crippen LogP contribution < -0.4 is 15.1 Å². The summed E-state index contributed by atoms with van der Waals surface area (Å²) in [6.07, 6.45) is 0. The summed E-state index contributed by atoms with van der Waals surface area (Å²) in [5, 5.41) is 3.28. The minimum atomic E-state index is -0.0411. The molecule has 1 amide bonds. The number of nitrogens with one attached hydrogen (secondary N) is 1. The molecule has 0 bridgehead atoms. The molecule has 0 atom stereocenters. The van der Waals surface area contributed by atoms with Crippen LogP contribution in [0.15, 0.2) is 22.7 Å². The zero-order chi connectivity index (χ0) is 14.2. The van der Waals surface area contributed by atoms with E-state index in [4.69, 9.17) is 0 Å². The lowest BCUT2D eigenvalue weighted by atomic mass is 10.0. The van der Waals surface area contributed by atoms with E-state index in [1.54, 1.807) is 4.90 Å². The van der Waals surface area contributed by atoms with Gasteiger partial charge in [0, 0.05) is 23.6 Å². The topological polar surface area (TPSA) is 35.6 Å². The van der Waals surface area contributed by atoms with Crippen LogP contribution >= 0.6 is 15.9 Å². The van der Waals surface area contributed by atoms with Crippen LogP contribution in [0.1, 0.15) is 13.8 Å². The molecule has 1 aromatic carbocycles. The molecule has 1 N–H and O–H groups in total. The molecular formula is C14H20BrN3O. The van der Waals surface area contributed by atoms with E-state index in [2.05, 4.69) is 46.1 Å². The lowest BCUT2D eigenvalue weighted by Crippen LogP contribution is -2.52. The number of amides is 1. The minimum Gasteiger partial charge on any atom is -0.359 e. The van der Waals surface area contributed by atoms with E-state index in [-0.39, 0.29) is 11.4 Å². The molecule has 2 rings (SSSR count). The highest BCUT2D eigenvalue weighted by Gasteiger charge is 2.30. The van der Waals surface area contributed by atoms with Crippen molar-refractivity contribution in [1.29, 1.82) is 0 Å². The number of carbonyl (C=O) groups excluding carboxylic acids is 1. The summed E-state index contributed by atoms with van der Waals surface area (Å²) in [6.45, 7) is 5.48. The number of hydrogen-bond donors (Lipinski definition) is 1. The Morgan fingerprint density at radius 2 is 2.05 bits per heavy atom. The van der Waals surface area contributed by atoms with Crippen LogP contribution in [0.4, 0.5) is 11.4 Å². The Morgan fingerprint density at radius 1 is 1.37 bits per heavy atom. The molecule has 0 aliphatic carbocycles. The maximum atomic E-state index is 12.1. The van der Waals surface area contributed by atoms with Gasteiger partial charge in [-0.05, 0) is 39.1 Å². The van der Waals surface area contributed by atoms with E-state index in [9.17, 15) is 4.79 Å². The van der Waals surface area contributed by atoms with Crippen molar-refractivity contribution in [2.24, 2.45) is 0 Å². The van der Waals surface area contributed by atoms with Gasteiger partial charge in [0.15, 0.2) is 0 Å². The number of rotatable bonds is 3. The highest BCUT2D eigenvalue weighted by Crippen LogP contribution is 2.35. The number of halogens is 1. The molecule has 0 radical (unpaired) electrons. The van der Waals surface area contributed by atoms with Crippen molar-refractivity contribution in [3.63, 3.8) is 0 Å². The first-order valence-electron chi connectivity index (χ1n) is 6.34.